The Morgan fingerprint density at radius 2 is 1.79 bits per heavy atom. The summed E-state index contributed by atoms with van der Waals surface area (Å²) in [6, 6.07) is 13.4. The van der Waals surface area contributed by atoms with Crippen LogP contribution in [-0.4, -0.2) is 27.7 Å². The molecule has 1 aliphatic heterocycles. The molecule has 0 saturated carbocycles. The Kier molecular flexibility index (Phi) is 5.58. The van der Waals surface area contributed by atoms with E-state index in [0.29, 0.717) is 17.8 Å². The Labute approximate surface area is 171 Å². The van der Waals surface area contributed by atoms with Crippen LogP contribution in [0.3, 0.4) is 0 Å². The molecule has 1 unspecified atom stereocenters. The lowest BCUT2D eigenvalue weighted by Crippen LogP contribution is -2.38. The number of hydrogen-bond donors (Lipinski definition) is 1. The normalized spacial score (nSPS) is 16.1. The van der Waals surface area contributed by atoms with E-state index >= 15 is 0 Å². The maximum absolute atomic E-state index is 13.6. The van der Waals surface area contributed by atoms with Gasteiger partial charge >= 0.3 is 0 Å². The molecule has 0 amide bonds. The molecule has 4 rings (SSSR count). The Morgan fingerprint density at radius 3 is 2.45 bits per heavy atom. The van der Waals surface area contributed by atoms with Crippen molar-refractivity contribution >= 4 is 0 Å². The van der Waals surface area contributed by atoms with Crippen LogP contribution in [0.5, 0.6) is 5.75 Å². The molecular weight excluding hydrogens is 364 g/mol. The van der Waals surface area contributed by atoms with Gasteiger partial charge in [-0.15, -0.1) is 0 Å². The summed E-state index contributed by atoms with van der Waals surface area (Å²) in [5.74, 6) is 0.788. The summed E-state index contributed by atoms with van der Waals surface area (Å²) in [7, 11) is 0. The maximum atomic E-state index is 13.6. The predicted molar refractivity (Wildman–Crippen MR) is 113 cm³/mol. The number of furan rings is 1. The lowest BCUT2D eigenvalue weighted by Gasteiger charge is -2.35. The van der Waals surface area contributed by atoms with Gasteiger partial charge in [-0.3, -0.25) is 9.69 Å². The highest BCUT2D eigenvalue weighted by Gasteiger charge is 2.30. The molecule has 2 aromatic heterocycles. The number of benzene rings is 1. The molecule has 1 aromatic carbocycles. The number of rotatable bonds is 5. The van der Waals surface area contributed by atoms with Gasteiger partial charge in [0.15, 0.2) is 0 Å². The van der Waals surface area contributed by atoms with E-state index in [1.165, 1.54) is 12.0 Å². The van der Waals surface area contributed by atoms with Crippen LogP contribution in [0.2, 0.25) is 0 Å². The first-order valence-electron chi connectivity index (χ1n) is 10.3. The molecule has 0 aliphatic carbocycles. The number of aromatic hydroxyl groups is 1. The fraction of sp³-hybridized carbons (Fsp3) is 0.375. The van der Waals surface area contributed by atoms with E-state index in [1.54, 1.807) is 16.9 Å². The van der Waals surface area contributed by atoms with Crippen molar-refractivity contribution in [3.8, 4) is 5.75 Å². The topological polar surface area (TPSA) is 58.6 Å². The van der Waals surface area contributed by atoms with Crippen LogP contribution in [0.15, 0.2) is 57.9 Å². The number of hydrogen-bond acceptors (Lipinski definition) is 4. The second kappa shape index (κ2) is 8.29. The van der Waals surface area contributed by atoms with Gasteiger partial charge in [-0.05, 0) is 63.5 Å². The van der Waals surface area contributed by atoms with Crippen molar-refractivity contribution in [1.82, 2.24) is 9.47 Å². The van der Waals surface area contributed by atoms with Crippen molar-refractivity contribution in [1.29, 1.82) is 0 Å². The van der Waals surface area contributed by atoms with Crippen LogP contribution in [0.4, 0.5) is 0 Å². The summed E-state index contributed by atoms with van der Waals surface area (Å²) in [5.41, 5.74) is 3.23. The molecule has 1 fully saturated rings. The third-order valence-corrected chi connectivity index (χ3v) is 5.84. The Balaban J connectivity index is 1.85. The molecule has 0 radical (unpaired) electrons. The Bertz CT molecular complexity index is 1010. The second-order valence-electron chi connectivity index (χ2n) is 7.97. The van der Waals surface area contributed by atoms with E-state index in [1.807, 2.05) is 19.1 Å². The molecule has 5 nitrogen and oxygen atoms in total. The summed E-state index contributed by atoms with van der Waals surface area (Å²) < 4.78 is 7.15. The first-order chi connectivity index (χ1) is 14.0. The van der Waals surface area contributed by atoms with Crippen LogP contribution < -0.4 is 5.56 Å². The minimum Gasteiger partial charge on any atom is -0.507 e. The predicted octanol–water partition coefficient (Wildman–Crippen LogP) is 4.39. The number of aromatic nitrogens is 1. The largest absolute Gasteiger partial charge is 0.507 e. The fourth-order valence-corrected chi connectivity index (χ4v) is 4.27. The molecule has 3 heterocycles. The third-order valence-electron chi connectivity index (χ3n) is 5.84. The average molecular weight is 392 g/mol. The Morgan fingerprint density at radius 1 is 1.07 bits per heavy atom. The summed E-state index contributed by atoms with van der Waals surface area (Å²) >= 11 is 0. The van der Waals surface area contributed by atoms with Gasteiger partial charge in [0.25, 0.3) is 5.56 Å². The van der Waals surface area contributed by atoms with E-state index in [-0.39, 0.29) is 17.4 Å². The molecule has 152 valence electrons. The molecule has 1 aliphatic rings. The van der Waals surface area contributed by atoms with E-state index in [9.17, 15) is 9.90 Å². The van der Waals surface area contributed by atoms with Crippen molar-refractivity contribution in [2.24, 2.45) is 0 Å². The van der Waals surface area contributed by atoms with Gasteiger partial charge < -0.3 is 14.1 Å². The minimum atomic E-state index is -0.258. The van der Waals surface area contributed by atoms with Crippen LogP contribution in [0.25, 0.3) is 0 Å². The van der Waals surface area contributed by atoms with Crippen LogP contribution in [0, 0.1) is 13.8 Å². The summed E-state index contributed by atoms with van der Waals surface area (Å²) in [6.45, 7) is 6.09. The van der Waals surface area contributed by atoms with Crippen molar-refractivity contribution in [2.45, 2.75) is 45.7 Å². The smallest absolute Gasteiger partial charge is 0.260 e. The second-order valence-corrected chi connectivity index (χ2v) is 7.97. The molecule has 1 atom stereocenters. The van der Waals surface area contributed by atoms with Crippen LogP contribution in [-0.2, 0) is 6.54 Å². The third kappa shape index (κ3) is 4.01. The molecule has 1 N–H and O–H groups in total. The van der Waals surface area contributed by atoms with Crippen molar-refractivity contribution in [3.63, 3.8) is 0 Å². The monoisotopic (exact) mass is 392 g/mol. The van der Waals surface area contributed by atoms with Gasteiger partial charge in [0.1, 0.15) is 11.5 Å². The van der Waals surface area contributed by atoms with E-state index in [0.717, 1.165) is 37.3 Å². The highest BCUT2D eigenvalue weighted by atomic mass is 16.3. The number of pyridine rings is 1. The number of piperidine rings is 1. The lowest BCUT2D eigenvalue weighted by atomic mass is 9.94. The number of nitrogens with zero attached hydrogens (tertiary/aromatic N) is 2. The van der Waals surface area contributed by atoms with Gasteiger partial charge in [0, 0.05) is 5.69 Å². The summed E-state index contributed by atoms with van der Waals surface area (Å²) in [4.78, 5) is 15.9. The van der Waals surface area contributed by atoms with Gasteiger partial charge in [-0.1, -0.05) is 36.2 Å². The highest BCUT2D eigenvalue weighted by molar-refractivity contribution is 5.41. The minimum absolute atomic E-state index is 0.0688. The SMILES string of the molecule is Cc1ccc(C(c2c(O)cc(C)n(Cc3ccco3)c2=O)N2CCCCC2)cc1. The van der Waals surface area contributed by atoms with Crippen molar-refractivity contribution in [3.05, 3.63) is 87.2 Å². The van der Waals surface area contributed by atoms with Crippen molar-refractivity contribution in [2.75, 3.05) is 13.1 Å². The molecule has 29 heavy (non-hydrogen) atoms. The van der Waals surface area contributed by atoms with E-state index < -0.39 is 0 Å². The standard InChI is InChI=1S/C24H28N2O3/c1-17-8-10-19(11-9-17)23(25-12-4-3-5-13-25)22-21(27)15-18(2)26(24(22)28)16-20-7-6-14-29-20/h6-11,14-15,23,27H,3-5,12-13,16H2,1-2H3. The molecule has 0 spiro atoms. The zero-order valence-corrected chi connectivity index (χ0v) is 17.1. The molecular formula is C24H28N2O3. The quantitative estimate of drug-likeness (QED) is 0.700. The summed E-state index contributed by atoms with van der Waals surface area (Å²) in [6.07, 6.45) is 5.03. The zero-order chi connectivity index (χ0) is 20.4. The van der Waals surface area contributed by atoms with Crippen LogP contribution in [0.1, 0.15) is 53.4 Å². The molecule has 1 saturated heterocycles. The Hall–Kier alpha value is -2.79. The molecule has 0 bridgehead atoms. The van der Waals surface area contributed by atoms with Gasteiger partial charge in [-0.2, -0.15) is 0 Å². The molecule has 3 aromatic rings. The maximum Gasteiger partial charge on any atom is 0.260 e. The summed E-state index contributed by atoms with van der Waals surface area (Å²) in [5, 5.41) is 10.9. The van der Waals surface area contributed by atoms with Gasteiger partial charge in [0.2, 0.25) is 0 Å². The fourth-order valence-electron chi connectivity index (χ4n) is 4.27. The lowest BCUT2D eigenvalue weighted by molar-refractivity contribution is 0.183. The van der Waals surface area contributed by atoms with Crippen molar-refractivity contribution < 1.29 is 9.52 Å². The first-order valence-corrected chi connectivity index (χ1v) is 10.3. The highest BCUT2D eigenvalue weighted by Crippen LogP contribution is 2.34. The average Bonchev–Trinajstić information content (AvgIpc) is 3.23. The van der Waals surface area contributed by atoms with E-state index in [2.05, 4.69) is 36.1 Å². The van der Waals surface area contributed by atoms with E-state index in [4.69, 9.17) is 4.42 Å². The zero-order valence-electron chi connectivity index (χ0n) is 17.1. The van der Waals surface area contributed by atoms with Gasteiger partial charge in [0.05, 0.1) is 24.4 Å². The van der Waals surface area contributed by atoms with Gasteiger partial charge in [-0.25, -0.2) is 0 Å². The van der Waals surface area contributed by atoms with Crippen LogP contribution >= 0.6 is 0 Å². The number of likely N-dealkylation sites (tertiary alicyclic amines) is 1. The molecule has 5 heteroatoms. The first kappa shape index (κ1) is 19.5. The number of aryl methyl sites for hydroxylation is 2.